The van der Waals surface area contributed by atoms with E-state index in [2.05, 4.69) is 14.5 Å². The Morgan fingerprint density at radius 1 is 1.21 bits per heavy atom. The van der Waals surface area contributed by atoms with Gasteiger partial charge in [-0.3, -0.25) is 0 Å². The molecule has 10 heteroatoms. The number of hydrogen-bond acceptors (Lipinski definition) is 4. The Labute approximate surface area is 102 Å². The van der Waals surface area contributed by atoms with E-state index in [0.29, 0.717) is 0 Å². The molecule has 0 saturated carbocycles. The first-order chi connectivity index (χ1) is 8.58. The molecule has 0 radical (unpaired) electrons. The highest BCUT2D eigenvalue weighted by Crippen LogP contribution is 2.42. The predicted molar refractivity (Wildman–Crippen MR) is 48.4 cm³/mol. The average molecular weight is 291 g/mol. The Balaban J connectivity index is 3.47. The van der Waals surface area contributed by atoms with Gasteiger partial charge < -0.3 is 14.6 Å². The van der Waals surface area contributed by atoms with Crippen LogP contribution in [-0.2, 0) is 12.8 Å². The third-order valence-electron chi connectivity index (χ3n) is 1.86. The standard InChI is InChI=1S/C9H7F6NO3/c1-18-5-2-4(3-17)16-7(8(10,11)12)6(5)19-9(13,14)15/h2,17H,3H2,1H3. The second kappa shape index (κ2) is 5.11. The molecule has 1 N–H and O–H groups in total. The Morgan fingerprint density at radius 3 is 2.16 bits per heavy atom. The van der Waals surface area contributed by atoms with E-state index < -0.39 is 42.0 Å². The zero-order valence-corrected chi connectivity index (χ0v) is 9.26. The number of nitrogens with zero attached hydrogens (tertiary/aromatic N) is 1. The number of ether oxygens (including phenoxy) is 2. The number of halogens is 6. The molecule has 1 rings (SSSR count). The smallest absolute Gasteiger partial charge is 0.493 e. The van der Waals surface area contributed by atoms with Crippen LogP contribution in [0.25, 0.3) is 0 Å². The second-order valence-corrected chi connectivity index (χ2v) is 3.20. The summed E-state index contributed by atoms with van der Waals surface area (Å²) in [6.45, 7) is -0.897. The van der Waals surface area contributed by atoms with E-state index in [4.69, 9.17) is 5.11 Å². The van der Waals surface area contributed by atoms with Gasteiger partial charge in [0.2, 0.25) is 5.75 Å². The van der Waals surface area contributed by atoms with Crippen LogP contribution in [0.15, 0.2) is 6.07 Å². The molecule has 108 valence electrons. The van der Waals surface area contributed by atoms with E-state index in [-0.39, 0.29) is 0 Å². The molecule has 0 aliphatic carbocycles. The molecule has 0 amide bonds. The van der Waals surface area contributed by atoms with Gasteiger partial charge in [0.25, 0.3) is 0 Å². The molecule has 0 aromatic carbocycles. The lowest BCUT2D eigenvalue weighted by molar-refractivity contribution is -0.277. The first kappa shape index (κ1) is 15.3. The molecule has 0 unspecified atom stereocenters. The second-order valence-electron chi connectivity index (χ2n) is 3.20. The number of aliphatic hydroxyl groups excluding tert-OH is 1. The van der Waals surface area contributed by atoms with Gasteiger partial charge in [0.1, 0.15) is 0 Å². The largest absolute Gasteiger partial charge is 0.573 e. The Morgan fingerprint density at radius 2 is 1.79 bits per heavy atom. The SMILES string of the molecule is COc1cc(CO)nc(C(F)(F)F)c1OC(F)(F)F. The van der Waals surface area contributed by atoms with Gasteiger partial charge in [-0.05, 0) is 0 Å². The number of hydrogen-bond donors (Lipinski definition) is 1. The topological polar surface area (TPSA) is 51.6 Å². The normalized spacial score (nSPS) is 12.4. The van der Waals surface area contributed by atoms with Crippen molar-refractivity contribution in [2.45, 2.75) is 19.1 Å². The van der Waals surface area contributed by atoms with Gasteiger partial charge in [-0.1, -0.05) is 0 Å². The van der Waals surface area contributed by atoms with Crippen molar-refractivity contribution in [2.24, 2.45) is 0 Å². The van der Waals surface area contributed by atoms with E-state index in [1.54, 1.807) is 0 Å². The van der Waals surface area contributed by atoms with Crippen molar-refractivity contribution in [2.75, 3.05) is 7.11 Å². The molecule has 4 nitrogen and oxygen atoms in total. The molecule has 0 aliphatic rings. The van der Waals surface area contributed by atoms with E-state index in [1.165, 1.54) is 0 Å². The quantitative estimate of drug-likeness (QED) is 0.869. The highest BCUT2D eigenvalue weighted by atomic mass is 19.4. The number of alkyl halides is 6. The summed E-state index contributed by atoms with van der Waals surface area (Å²) in [7, 11) is 0.861. The number of rotatable bonds is 3. The minimum absolute atomic E-state index is 0.501. The highest BCUT2D eigenvalue weighted by Gasteiger charge is 2.43. The summed E-state index contributed by atoms with van der Waals surface area (Å²) in [5.41, 5.74) is -2.42. The van der Waals surface area contributed by atoms with E-state index in [1.807, 2.05) is 0 Å². The van der Waals surface area contributed by atoms with E-state index in [0.717, 1.165) is 13.2 Å². The fourth-order valence-corrected chi connectivity index (χ4v) is 1.20. The van der Waals surface area contributed by atoms with Crippen LogP contribution in [0.4, 0.5) is 26.3 Å². The Hall–Kier alpha value is -1.71. The van der Waals surface area contributed by atoms with Gasteiger partial charge in [-0.2, -0.15) is 13.2 Å². The van der Waals surface area contributed by atoms with E-state index in [9.17, 15) is 26.3 Å². The zero-order chi connectivity index (χ0) is 14.8. The molecule has 0 atom stereocenters. The molecular weight excluding hydrogens is 284 g/mol. The number of methoxy groups -OCH3 is 1. The predicted octanol–water partition coefficient (Wildman–Crippen LogP) is 2.50. The van der Waals surface area contributed by atoms with Crippen molar-refractivity contribution in [1.82, 2.24) is 4.98 Å². The van der Waals surface area contributed by atoms with Gasteiger partial charge in [-0.15, -0.1) is 13.2 Å². The van der Waals surface area contributed by atoms with Crippen molar-refractivity contribution in [3.63, 3.8) is 0 Å². The maximum atomic E-state index is 12.6. The van der Waals surface area contributed by atoms with Crippen molar-refractivity contribution < 1.29 is 40.9 Å². The van der Waals surface area contributed by atoms with Crippen LogP contribution in [0.5, 0.6) is 11.5 Å². The Kier molecular flexibility index (Phi) is 4.13. The first-order valence-corrected chi connectivity index (χ1v) is 4.60. The fourth-order valence-electron chi connectivity index (χ4n) is 1.20. The van der Waals surface area contributed by atoms with Gasteiger partial charge in [0, 0.05) is 6.07 Å². The van der Waals surface area contributed by atoms with Gasteiger partial charge in [0.15, 0.2) is 11.4 Å². The minimum Gasteiger partial charge on any atom is -0.493 e. The van der Waals surface area contributed by atoms with Crippen LogP contribution >= 0.6 is 0 Å². The van der Waals surface area contributed by atoms with Crippen LogP contribution in [-0.4, -0.2) is 23.6 Å². The van der Waals surface area contributed by atoms with Crippen molar-refractivity contribution in [3.05, 3.63) is 17.5 Å². The summed E-state index contributed by atoms with van der Waals surface area (Å²) >= 11 is 0. The van der Waals surface area contributed by atoms with Crippen LogP contribution < -0.4 is 9.47 Å². The number of aliphatic hydroxyl groups is 1. The lowest BCUT2D eigenvalue weighted by Crippen LogP contribution is -2.22. The lowest BCUT2D eigenvalue weighted by atomic mass is 10.2. The molecule has 0 spiro atoms. The molecule has 0 bridgehead atoms. The lowest BCUT2D eigenvalue weighted by Gasteiger charge is -2.18. The average Bonchev–Trinajstić information content (AvgIpc) is 2.25. The minimum atomic E-state index is -5.34. The van der Waals surface area contributed by atoms with Crippen molar-refractivity contribution in [1.29, 1.82) is 0 Å². The monoisotopic (exact) mass is 291 g/mol. The first-order valence-electron chi connectivity index (χ1n) is 4.60. The molecule has 0 aliphatic heterocycles. The summed E-state index contributed by atoms with van der Waals surface area (Å²) in [4.78, 5) is 2.88. The summed E-state index contributed by atoms with van der Waals surface area (Å²) < 4.78 is 81.8. The molecular formula is C9H7F6NO3. The van der Waals surface area contributed by atoms with Crippen molar-refractivity contribution in [3.8, 4) is 11.5 Å². The summed E-state index contributed by atoms with van der Waals surface area (Å²) in [6, 6.07) is 0.719. The molecule has 19 heavy (non-hydrogen) atoms. The third-order valence-corrected chi connectivity index (χ3v) is 1.86. The summed E-state index contributed by atoms with van der Waals surface area (Å²) in [5.74, 6) is -2.43. The van der Waals surface area contributed by atoms with Crippen LogP contribution in [0.3, 0.4) is 0 Å². The summed E-state index contributed by atoms with van der Waals surface area (Å²) in [6.07, 6.45) is -10.5. The molecule has 1 heterocycles. The molecule has 0 fully saturated rings. The molecule has 1 aromatic heterocycles. The van der Waals surface area contributed by atoms with Crippen LogP contribution in [0.2, 0.25) is 0 Å². The van der Waals surface area contributed by atoms with Gasteiger partial charge >= 0.3 is 12.5 Å². The van der Waals surface area contributed by atoms with Gasteiger partial charge in [-0.25, -0.2) is 4.98 Å². The molecule has 0 saturated heterocycles. The maximum absolute atomic E-state index is 12.6. The van der Waals surface area contributed by atoms with Gasteiger partial charge in [0.05, 0.1) is 19.4 Å². The Bertz CT molecular complexity index is 456. The number of pyridine rings is 1. The van der Waals surface area contributed by atoms with Crippen LogP contribution in [0.1, 0.15) is 11.4 Å². The summed E-state index contributed by atoms with van der Waals surface area (Å²) in [5, 5.41) is 8.72. The van der Waals surface area contributed by atoms with E-state index >= 15 is 0 Å². The third kappa shape index (κ3) is 3.88. The highest BCUT2D eigenvalue weighted by molar-refractivity contribution is 5.46. The van der Waals surface area contributed by atoms with Crippen LogP contribution in [0, 0.1) is 0 Å². The van der Waals surface area contributed by atoms with Crippen molar-refractivity contribution >= 4 is 0 Å². The zero-order valence-electron chi connectivity index (χ0n) is 9.26. The molecule has 1 aromatic rings. The fraction of sp³-hybridized carbons (Fsp3) is 0.444. The maximum Gasteiger partial charge on any atom is 0.573 e. The number of aromatic nitrogens is 1.